The minimum atomic E-state index is 0.942. The summed E-state index contributed by atoms with van der Waals surface area (Å²) in [6, 6.07) is 8.34. The molecule has 0 heterocycles. The molecule has 0 saturated carbocycles. The van der Waals surface area contributed by atoms with Gasteiger partial charge < -0.3 is 0 Å². The highest BCUT2D eigenvalue weighted by molar-refractivity contribution is 7.84. The zero-order chi connectivity index (χ0) is 8.39. The van der Waals surface area contributed by atoms with Gasteiger partial charge >= 0.3 is 0 Å². The minimum absolute atomic E-state index is 0.942. The van der Waals surface area contributed by atoms with Gasteiger partial charge in [-0.25, -0.2) is 0 Å². The zero-order valence-electron chi connectivity index (χ0n) is 6.70. The quantitative estimate of drug-likeness (QED) is 0.573. The Bertz CT molecular complexity index is 348. The summed E-state index contributed by atoms with van der Waals surface area (Å²) < 4.78 is 0. The summed E-state index contributed by atoms with van der Waals surface area (Å²) in [5.74, 6) is 0. The number of benzene rings is 1. The average Bonchev–Trinajstić information content (AvgIpc) is 2.25. The molecule has 0 N–H and O–H groups in total. The van der Waals surface area contributed by atoms with E-state index in [1.165, 1.54) is 11.1 Å². The van der Waals surface area contributed by atoms with Gasteiger partial charge in [0.2, 0.25) is 0 Å². The molecule has 0 fully saturated rings. The minimum Gasteiger partial charge on any atom is -0.148 e. The normalized spacial score (nSPS) is 14.9. The molecule has 0 amide bonds. The predicted octanol–water partition coefficient (Wildman–Crippen LogP) is 3.37. The van der Waals surface area contributed by atoms with Crippen LogP contribution < -0.4 is 0 Å². The predicted molar refractivity (Wildman–Crippen MR) is 57.1 cm³/mol. The van der Waals surface area contributed by atoms with Crippen LogP contribution in [0.2, 0.25) is 0 Å². The van der Waals surface area contributed by atoms with E-state index in [1.54, 1.807) is 0 Å². The van der Waals surface area contributed by atoms with Crippen molar-refractivity contribution in [1.29, 1.82) is 0 Å². The van der Waals surface area contributed by atoms with Crippen molar-refractivity contribution in [1.82, 2.24) is 0 Å². The molecule has 0 unspecified atom stereocenters. The number of rotatable bonds is 0. The summed E-state index contributed by atoms with van der Waals surface area (Å²) >= 11 is 4.36. The monoisotopic (exact) mass is 174 g/mol. The Morgan fingerprint density at radius 3 is 2.67 bits per heavy atom. The topological polar surface area (TPSA) is 0 Å². The molecule has 1 aromatic carbocycles. The molecule has 60 valence electrons. The summed E-state index contributed by atoms with van der Waals surface area (Å²) in [4.78, 5) is 1.12. The van der Waals surface area contributed by atoms with Crippen LogP contribution in [0.25, 0.3) is 12.2 Å². The van der Waals surface area contributed by atoms with Crippen LogP contribution in [-0.4, -0.2) is 0 Å². The lowest BCUT2D eigenvalue weighted by molar-refractivity contribution is 1.41. The smallest absolute Gasteiger partial charge is 0.00363 e. The second-order valence-corrected chi connectivity index (χ2v) is 3.45. The van der Waals surface area contributed by atoms with E-state index in [-0.39, 0.29) is 0 Å². The fourth-order valence-corrected chi connectivity index (χ4v) is 1.58. The Balaban J connectivity index is 2.58. The van der Waals surface area contributed by atoms with Gasteiger partial charge in [0.25, 0.3) is 0 Å². The first-order chi connectivity index (χ1) is 5.86. The van der Waals surface area contributed by atoms with Crippen molar-refractivity contribution < 1.29 is 0 Å². The summed E-state index contributed by atoms with van der Waals surface area (Å²) in [6.07, 6.45) is 7.36. The molecule has 12 heavy (non-hydrogen) atoms. The van der Waals surface area contributed by atoms with Crippen LogP contribution in [0, 0.1) is 0 Å². The van der Waals surface area contributed by atoms with Crippen LogP contribution in [0.5, 0.6) is 0 Å². The highest BCUT2D eigenvalue weighted by Crippen LogP contribution is 2.22. The van der Waals surface area contributed by atoms with Crippen LogP contribution in [0.3, 0.4) is 0 Å². The number of thiol groups is 1. The number of hydrogen-bond donors (Lipinski definition) is 1. The van der Waals surface area contributed by atoms with Gasteiger partial charge in [-0.3, -0.25) is 0 Å². The molecule has 0 radical (unpaired) electrons. The summed E-state index contributed by atoms with van der Waals surface area (Å²) in [7, 11) is 0. The summed E-state index contributed by atoms with van der Waals surface area (Å²) in [6.45, 7) is 0. The van der Waals surface area contributed by atoms with Gasteiger partial charge in [-0.1, -0.05) is 36.4 Å². The van der Waals surface area contributed by atoms with Crippen LogP contribution in [0.4, 0.5) is 0 Å². The molecular formula is C11H10S. The third-order valence-electron chi connectivity index (χ3n) is 1.94. The van der Waals surface area contributed by atoms with Gasteiger partial charge in [-0.15, -0.1) is 12.6 Å². The van der Waals surface area contributed by atoms with Crippen molar-refractivity contribution in [3.8, 4) is 0 Å². The lowest BCUT2D eigenvalue weighted by Crippen LogP contribution is -1.77. The highest BCUT2D eigenvalue weighted by Gasteiger charge is 1.99. The molecule has 0 aromatic heterocycles. The molecule has 0 spiro atoms. The lowest BCUT2D eigenvalue weighted by Gasteiger charge is -1.97. The van der Waals surface area contributed by atoms with Crippen molar-refractivity contribution in [2.45, 2.75) is 6.42 Å². The first-order valence-electron chi connectivity index (χ1n) is 4.01. The first kappa shape index (κ1) is 7.69. The Morgan fingerprint density at radius 2 is 1.83 bits per heavy atom. The molecule has 0 aliphatic heterocycles. The van der Waals surface area contributed by atoms with Crippen molar-refractivity contribution in [3.63, 3.8) is 0 Å². The van der Waals surface area contributed by atoms with E-state index in [4.69, 9.17) is 0 Å². The van der Waals surface area contributed by atoms with Gasteiger partial charge in [-0.05, 0) is 28.5 Å². The number of fused-ring (bicyclic) bond motifs is 1. The fraction of sp³-hybridized carbons (Fsp3) is 0.0909. The van der Waals surface area contributed by atoms with Crippen molar-refractivity contribution in [3.05, 3.63) is 46.4 Å². The lowest BCUT2D eigenvalue weighted by atomic mass is 10.1. The standard InChI is InChI=1S/C11H10S/c12-11-7-3-6-9-4-1-2-5-10(9)8-11/h1-6,8,12H,7H2. The number of allylic oxidation sites excluding steroid dienone is 2. The van der Waals surface area contributed by atoms with Gasteiger partial charge in [0.15, 0.2) is 0 Å². The van der Waals surface area contributed by atoms with Crippen LogP contribution in [0.1, 0.15) is 17.5 Å². The van der Waals surface area contributed by atoms with E-state index in [1.807, 2.05) is 0 Å². The Labute approximate surface area is 78.0 Å². The van der Waals surface area contributed by atoms with Gasteiger partial charge in [-0.2, -0.15) is 0 Å². The molecular weight excluding hydrogens is 164 g/mol. The molecule has 0 nitrogen and oxygen atoms in total. The third-order valence-corrected chi connectivity index (χ3v) is 2.25. The maximum absolute atomic E-state index is 4.36. The second kappa shape index (κ2) is 3.20. The van der Waals surface area contributed by atoms with E-state index < -0.39 is 0 Å². The first-order valence-corrected chi connectivity index (χ1v) is 4.46. The maximum atomic E-state index is 4.36. The molecule has 1 heteroatoms. The van der Waals surface area contributed by atoms with E-state index in [2.05, 4.69) is 55.1 Å². The van der Waals surface area contributed by atoms with Gasteiger partial charge in [0.1, 0.15) is 0 Å². The summed E-state index contributed by atoms with van der Waals surface area (Å²) in [5, 5.41) is 0. The van der Waals surface area contributed by atoms with Crippen LogP contribution in [-0.2, 0) is 0 Å². The van der Waals surface area contributed by atoms with E-state index in [0.29, 0.717) is 0 Å². The van der Waals surface area contributed by atoms with E-state index >= 15 is 0 Å². The molecule has 0 saturated heterocycles. The van der Waals surface area contributed by atoms with Crippen molar-refractivity contribution in [2.75, 3.05) is 0 Å². The van der Waals surface area contributed by atoms with E-state index in [9.17, 15) is 0 Å². The molecule has 0 atom stereocenters. The largest absolute Gasteiger partial charge is 0.148 e. The Hall–Kier alpha value is -0.950. The van der Waals surface area contributed by atoms with Crippen LogP contribution >= 0.6 is 12.6 Å². The Morgan fingerprint density at radius 1 is 1.08 bits per heavy atom. The fourth-order valence-electron chi connectivity index (χ4n) is 1.34. The molecule has 1 aliphatic carbocycles. The van der Waals surface area contributed by atoms with Gasteiger partial charge in [0.05, 0.1) is 0 Å². The molecule has 1 aliphatic rings. The summed E-state index contributed by atoms with van der Waals surface area (Å²) in [5.41, 5.74) is 2.54. The van der Waals surface area contributed by atoms with Crippen molar-refractivity contribution >= 4 is 24.8 Å². The SMILES string of the molecule is SC1=Cc2ccccc2C=CC1. The number of hydrogen-bond acceptors (Lipinski definition) is 1. The van der Waals surface area contributed by atoms with Crippen molar-refractivity contribution in [2.24, 2.45) is 0 Å². The van der Waals surface area contributed by atoms with E-state index in [0.717, 1.165) is 11.3 Å². The second-order valence-electron chi connectivity index (χ2n) is 2.87. The molecule has 2 rings (SSSR count). The molecule has 1 aromatic rings. The van der Waals surface area contributed by atoms with Crippen LogP contribution in [0.15, 0.2) is 35.2 Å². The highest BCUT2D eigenvalue weighted by atomic mass is 32.1. The third kappa shape index (κ3) is 1.46. The Kier molecular flexibility index (Phi) is 2.05. The maximum Gasteiger partial charge on any atom is -0.00363 e. The average molecular weight is 174 g/mol. The molecule has 0 bridgehead atoms. The zero-order valence-corrected chi connectivity index (χ0v) is 7.59. The van der Waals surface area contributed by atoms with Gasteiger partial charge in [0, 0.05) is 0 Å².